The van der Waals surface area contributed by atoms with Gasteiger partial charge in [0.15, 0.2) is 16.6 Å². The van der Waals surface area contributed by atoms with Gasteiger partial charge in [-0.15, -0.1) is 0 Å². The molecule has 0 aliphatic heterocycles. The lowest BCUT2D eigenvalue weighted by Crippen LogP contribution is -2.51. The summed E-state index contributed by atoms with van der Waals surface area (Å²) in [5.41, 5.74) is 0. The number of alkyl carbamates (subject to hydrolysis) is 1. The van der Waals surface area contributed by atoms with Gasteiger partial charge in [-0.2, -0.15) is 12.6 Å². The summed E-state index contributed by atoms with van der Waals surface area (Å²) in [5.74, 6) is 1.79. The van der Waals surface area contributed by atoms with Crippen LogP contribution >= 0.6 is 24.4 Å². The maximum atomic E-state index is 12.4. The van der Waals surface area contributed by atoms with Crippen molar-refractivity contribution < 1.29 is 41.6 Å². The number of imide groups is 1. The van der Waals surface area contributed by atoms with Crippen LogP contribution in [0.4, 0.5) is 14.4 Å². The molecule has 0 atom stereocenters. The van der Waals surface area contributed by atoms with E-state index in [0.29, 0.717) is 45.6 Å². The van der Waals surface area contributed by atoms with Crippen LogP contribution in [0, 0.1) is 0 Å². The smallest absolute Gasteiger partial charge is 0.415 e. The number of amides is 4. The van der Waals surface area contributed by atoms with Gasteiger partial charge in [-0.3, -0.25) is 9.59 Å². The third-order valence-corrected chi connectivity index (χ3v) is 17.3. The van der Waals surface area contributed by atoms with E-state index >= 15 is 0 Å². The van der Waals surface area contributed by atoms with Crippen molar-refractivity contribution in [3.8, 4) is 0 Å². The number of unbranched alkanes of at least 4 members (excludes halogenated alkanes) is 5. The van der Waals surface area contributed by atoms with E-state index in [1.54, 1.807) is 0 Å². The van der Waals surface area contributed by atoms with Crippen molar-refractivity contribution >= 4 is 72.7 Å². The number of rotatable bonds is 27. The molecule has 0 fully saturated rings. The van der Waals surface area contributed by atoms with Crippen LogP contribution in [-0.2, 0) is 27.2 Å². The molecule has 0 heterocycles. The van der Waals surface area contributed by atoms with Gasteiger partial charge < -0.3 is 33.1 Å². The fraction of sp³-hybridized carbons (Fsp3) is 0.875. The second-order valence-corrected chi connectivity index (χ2v) is 27.8. The number of thioether (sulfide) groups is 1. The van der Waals surface area contributed by atoms with Gasteiger partial charge >= 0.3 is 20.7 Å². The first-order chi connectivity index (χ1) is 23.0. The highest BCUT2D eigenvalue weighted by molar-refractivity contribution is 8.13. The predicted octanol–water partition coefficient (Wildman–Crippen LogP) is 7.71. The second-order valence-electron chi connectivity index (χ2n) is 13.4. The van der Waals surface area contributed by atoms with Crippen LogP contribution in [-0.4, -0.2) is 106 Å². The van der Waals surface area contributed by atoms with Crippen LogP contribution in [0.1, 0.15) is 71.6 Å². The minimum absolute atomic E-state index is 0.00943. The number of hydrogen-bond donors (Lipinski definition) is 4. The number of Topliss-reactive ketones (excluding diaryl/α,β-unsaturated/α-hetero) is 1. The average Bonchev–Trinajstić information content (AvgIpc) is 2.98. The van der Waals surface area contributed by atoms with E-state index in [1.165, 1.54) is 11.8 Å². The van der Waals surface area contributed by atoms with Crippen molar-refractivity contribution in [2.24, 2.45) is 0 Å². The van der Waals surface area contributed by atoms with E-state index < -0.39 is 37.3 Å². The van der Waals surface area contributed by atoms with Crippen LogP contribution in [0.15, 0.2) is 0 Å². The SMILES string of the molecule is CCOCCOCCS.CCSC(=O)NCCCCCCNC(=O)NC(=O)OCCCCCC(=O)CC[Si](C)(C)O[Si](C)(C)O[Si](C)(C)C. The molecule has 0 rings (SSSR count). The molecule has 0 unspecified atom stereocenters. The van der Waals surface area contributed by atoms with Gasteiger partial charge in [-0.05, 0) is 96.7 Å². The summed E-state index contributed by atoms with van der Waals surface area (Å²) in [6, 6.07) is 0.216. The molecule has 0 aromatic rings. The Bertz CT molecular complexity index is 894. The van der Waals surface area contributed by atoms with E-state index in [2.05, 4.69) is 74.4 Å². The molecule has 49 heavy (non-hydrogen) atoms. The standard InChI is InChI=1S/C26H55N3O7SSi3.C6H14O2S/c1-9-37-26(33)28-20-15-11-10-14-19-27-24(31)29-25(32)34-21-16-12-13-17-23(30)18-22-39(5,6)36-40(7,8)35-38(2,3)4;1-2-7-3-4-8-5-6-9/h9-22H2,1-8H3,(H,28,33)(H2,27,29,31,32);9H,2-6H2,1H3. The van der Waals surface area contributed by atoms with Crippen molar-refractivity contribution in [1.82, 2.24) is 16.0 Å². The van der Waals surface area contributed by atoms with Crippen molar-refractivity contribution in [2.45, 2.75) is 124 Å². The summed E-state index contributed by atoms with van der Waals surface area (Å²) < 4.78 is 27.9. The number of urea groups is 1. The maximum Gasteiger partial charge on any atom is 0.415 e. The Morgan fingerprint density at radius 3 is 1.90 bits per heavy atom. The van der Waals surface area contributed by atoms with Crippen molar-refractivity contribution in [3.63, 3.8) is 0 Å². The molecule has 12 nitrogen and oxygen atoms in total. The van der Waals surface area contributed by atoms with Crippen molar-refractivity contribution in [1.29, 1.82) is 0 Å². The fourth-order valence-corrected chi connectivity index (χ4v) is 18.2. The van der Waals surface area contributed by atoms with E-state index in [-0.39, 0.29) is 17.6 Å². The quantitative estimate of drug-likeness (QED) is 0.0371. The zero-order valence-corrected chi connectivity index (χ0v) is 36.7. The molecule has 4 amide bonds. The molecule has 0 saturated heterocycles. The Kier molecular flexibility index (Phi) is 31.4. The highest BCUT2D eigenvalue weighted by atomic mass is 32.2. The second kappa shape index (κ2) is 30.7. The van der Waals surface area contributed by atoms with Crippen LogP contribution in [0.2, 0.25) is 51.9 Å². The van der Waals surface area contributed by atoms with Crippen LogP contribution < -0.4 is 16.0 Å². The van der Waals surface area contributed by atoms with Gasteiger partial charge in [-0.1, -0.05) is 31.5 Å². The van der Waals surface area contributed by atoms with E-state index in [9.17, 15) is 19.2 Å². The molecule has 3 N–H and O–H groups in total. The Morgan fingerprint density at radius 2 is 1.31 bits per heavy atom. The lowest BCUT2D eigenvalue weighted by atomic mass is 10.1. The number of nitrogens with one attached hydrogen (secondary N) is 3. The van der Waals surface area contributed by atoms with E-state index in [1.807, 2.05) is 13.8 Å². The molecule has 0 aliphatic carbocycles. The molecule has 0 aliphatic rings. The highest BCUT2D eigenvalue weighted by Gasteiger charge is 2.37. The van der Waals surface area contributed by atoms with Crippen LogP contribution in [0.25, 0.3) is 0 Å². The molecule has 0 aromatic carbocycles. The third kappa shape index (κ3) is 38.1. The number of thiol groups is 1. The number of hydrogen-bond acceptors (Lipinski definition) is 11. The number of ether oxygens (including phenoxy) is 3. The first-order valence-corrected chi connectivity index (χ1v) is 28.7. The minimum Gasteiger partial charge on any atom is -0.449 e. The molecular weight excluding hydrogens is 719 g/mol. The molecule has 0 radical (unpaired) electrons. The molecule has 17 heteroatoms. The largest absolute Gasteiger partial charge is 0.449 e. The molecule has 0 spiro atoms. The van der Waals surface area contributed by atoms with E-state index in [4.69, 9.17) is 22.4 Å². The van der Waals surface area contributed by atoms with Gasteiger partial charge in [0.2, 0.25) is 0 Å². The lowest BCUT2D eigenvalue weighted by molar-refractivity contribution is -0.118. The van der Waals surface area contributed by atoms with Gasteiger partial charge in [0, 0.05) is 38.3 Å². The number of carbonyl (C=O) groups excluding carboxylic acids is 4. The topological polar surface area (TPSA) is 151 Å². The normalized spacial score (nSPS) is 11.7. The molecule has 0 saturated carbocycles. The zero-order chi connectivity index (χ0) is 37.6. The van der Waals surface area contributed by atoms with E-state index in [0.717, 1.165) is 69.3 Å². The van der Waals surface area contributed by atoms with Gasteiger partial charge in [0.25, 0.3) is 5.24 Å². The van der Waals surface area contributed by atoms with Crippen LogP contribution in [0.3, 0.4) is 0 Å². The molecule has 0 aromatic heterocycles. The van der Waals surface area contributed by atoms with Gasteiger partial charge in [0.1, 0.15) is 5.78 Å². The first-order valence-electron chi connectivity index (χ1n) is 17.8. The molecule has 0 bridgehead atoms. The summed E-state index contributed by atoms with van der Waals surface area (Å²) in [5, 5.41) is 7.64. The Balaban J connectivity index is 0. The summed E-state index contributed by atoms with van der Waals surface area (Å²) in [7, 11) is -5.85. The van der Waals surface area contributed by atoms with Crippen molar-refractivity contribution in [2.75, 3.05) is 57.6 Å². The number of carbonyl (C=O) groups is 4. The summed E-state index contributed by atoms with van der Waals surface area (Å²) in [6.07, 6.45) is 5.98. The highest BCUT2D eigenvalue weighted by Crippen LogP contribution is 2.24. The maximum absolute atomic E-state index is 12.4. The minimum atomic E-state index is -2.20. The fourth-order valence-electron chi connectivity index (χ4n) is 4.59. The summed E-state index contributed by atoms with van der Waals surface area (Å²) in [6.45, 7) is 23.1. The monoisotopic (exact) mass is 787 g/mol. The Labute approximate surface area is 310 Å². The van der Waals surface area contributed by atoms with Crippen LogP contribution in [0.5, 0.6) is 0 Å². The lowest BCUT2D eigenvalue weighted by Gasteiger charge is -2.37. The molecule has 290 valence electrons. The van der Waals surface area contributed by atoms with Gasteiger partial charge in [-0.25, -0.2) is 14.9 Å². The summed E-state index contributed by atoms with van der Waals surface area (Å²) in [4.78, 5) is 47.2. The predicted molar refractivity (Wildman–Crippen MR) is 212 cm³/mol. The summed E-state index contributed by atoms with van der Waals surface area (Å²) >= 11 is 5.25. The Hall–Kier alpha value is -0.929. The zero-order valence-electron chi connectivity index (χ0n) is 32.0. The third-order valence-electron chi connectivity index (χ3n) is 6.37. The Morgan fingerprint density at radius 1 is 0.694 bits per heavy atom. The molecular formula is C32H69N3O9S2Si3. The average molecular weight is 788 g/mol. The van der Waals surface area contributed by atoms with Gasteiger partial charge in [0.05, 0.1) is 26.4 Å². The van der Waals surface area contributed by atoms with Crippen molar-refractivity contribution in [3.05, 3.63) is 0 Å². The first kappa shape index (κ1) is 50.2. The number of ketones is 1.